The standard InChI is InChI=1S/C22H24N4O/c27-22(10-9-20-16-23-21-8-4-5-13-26(20)21)24-19-11-14-25(15-12-19)17-18-6-2-1-3-7-18/h1-10,13,16,19H,11-12,14-15,17H2,(H,24,27)/b10-9+. The fourth-order valence-corrected chi connectivity index (χ4v) is 3.56. The average Bonchev–Trinajstić information content (AvgIpc) is 3.12. The van der Waals surface area contributed by atoms with Gasteiger partial charge < -0.3 is 9.72 Å². The van der Waals surface area contributed by atoms with Crippen molar-refractivity contribution in [3.63, 3.8) is 0 Å². The Bertz CT molecular complexity index is 924. The summed E-state index contributed by atoms with van der Waals surface area (Å²) in [5, 5.41) is 3.13. The van der Waals surface area contributed by atoms with Gasteiger partial charge >= 0.3 is 0 Å². The third-order valence-corrected chi connectivity index (χ3v) is 5.03. The van der Waals surface area contributed by atoms with Gasteiger partial charge in [-0.3, -0.25) is 9.69 Å². The van der Waals surface area contributed by atoms with Crippen molar-refractivity contribution < 1.29 is 4.79 Å². The number of pyridine rings is 1. The molecule has 0 radical (unpaired) electrons. The predicted octanol–water partition coefficient (Wildman–Crippen LogP) is 3.13. The Labute approximate surface area is 159 Å². The van der Waals surface area contributed by atoms with Crippen LogP contribution in [0.2, 0.25) is 0 Å². The maximum absolute atomic E-state index is 12.3. The van der Waals surface area contributed by atoms with Crippen molar-refractivity contribution in [2.24, 2.45) is 0 Å². The van der Waals surface area contributed by atoms with Crippen LogP contribution in [0.1, 0.15) is 24.1 Å². The van der Waals surface area contributed by atoms with Crippen LogP contribution in [0, 0.1) is 0 Å². The first-order chi connectivity index (χ1) is 13.3. The maximum Gasteiger partial charge on any atom is 0.244 e. The normalized spacial score (nSPS) is 16.1. The van der Waals surface area contributed by atoms with Crippen molar-refractivity contribution in [1.82, 2.24) is 19.6 Å². The van der Waals surface area contributed by atoms with Gasteiger partial charge in [0.1, 0.15) is 5.65 Å². The molecule has 0 saturated carbocycles. The van der Waals surface area contributed by atoms with E-state index in [1.807, 2.05) is 40.9 Å². The lowest BCUT2D eigenvalue weighted by molar-refractivity contribution is -0.117. The number of fused-ring (bicyclic) bond motifs is 1. The summed E-state index contributed by atoms with van der Waals surface area (Å²) in [7, 11) is 0. The Balaban J connectivity index is 1.27. The predicted molar refractivity (Wildman–Crippen MR) is 107 cm³/mol. The number of rotatable bonds is 5. The van der Waals surface area contributed by atoms with E-state index in [9.17, 15) is 4.79 Å². The Kier molecular flexibility index (Phi) is 5.30. The number of likely N-dealkylation sites (tertiary alicyclic amines) is 1. The minimum absolute atomic E-state index is 0.0395. The Morgan fingerprint density at radius 3 is 2.70 bits per heavy atom. The number of nitrogens with zero attached hydrogens (tertiary/aromatic N) is 3. The van der Waals surface area contributed by atoms with Crippen molar-refractivity contribution in [3.05, 3.63) is 78.3 Å². The molecule has 1 aliphatic heterocycles. The summed E-state index contributed by atoms with van der Waals surface area (Å²) in [5.74, 6) is -0.0395. The van der Waals surface area contributed by atoms with E-state index >= 15 is 0 Å². The quantitative estimate of drug-likeness (QED) is 0.711. The van der Waals surface area contributed by atoms with Crippen molar-refractivity contribution >= 4 is 17.6 Å². The summed E-state index contributed by atoms with van der Waals surface area (Å²) in [5.41, 5.74) is 3.12. The second-order valence-corrected chi connectivity index (χ2v) is 6.99. The van der Waals surface area contributed by atoms with Gasteiger partial charge in [0.05, 0.1) is 11.9 Å². The van der Waals surface area contributed by atoms with Crippen molar-refractivity contribution in [3.8, 4) is 0 Å². The Morgan fingerprint density at radius 1 is 1.11 bits per heavy atom. The third-order valence-electron chi connectivity index (χ3n) is 5.03. The van der Waals surface area contributed by atoms with E-state index in [1.165, 1.54) is 5.56 Å². The van der Waals surface area contributed by atoms with Gasteiger partial charge in [-0.2, -0.15) is 0 Å². The fraction of sp³-hybridized carbons (Fsp3) is 0.273. The van der Waals surface area contributed by atoms with Gasteiger partial charge in [0, 0.05) is 37.9 Å². The highest BCUT2D eigenvalue weighted by molar-refractivity contribution is 5.91. The van der Waals surface area contributed by atoms with Crippen LogP contribution in [0.15, 0.2) is 67.0 Å². The molecule has 1 saturated heterocycles. The molecule has 0 aliphatic carbocycles. The number of piperidine rings is 1. The first-order valence-corrected chi connectivity index (χ1v) is 9.45. The average molecular weight is 360 g/mol. The summed E-state index contributed by atoms with van der Waals surface area (Å²) < 4.78 is 1.96. The van der Waals surface area contributed by atoms with Crippen LogP contribution in [0.5, 0.6) is 0 Å². The van der Waals surface area contributed by atoms with E-state index in [0.717, 1.165) is 43.8 Å². The second kappa shape index (κ2) is 8.18. The lowest BCUT2D eigenvalue weighted by Crippen LogP contribution is -2.43. The van der Waals surface area contributed by atoms with Gasteiger partial charge in [-0.05, 0) is 36.6 Å². The van der Waals surface area contributed by atoms with E-state index in [1.54, 1.807) is 12.3 Å². The molecule has 0 spiro atoms. The van der Waals surface area contributed by atoms with E-state index in [-0.39, 0.29) is 11.9 Å². The maximum atomic E-state index is 12.3. The molecule has 27 heavy (non-hydrogen) atoms. The molecule has 1 amide bonds. The summed E-state index contributed by atoms with van der Waals surface area (Å²) >= 11 is 0. The summed E-state index contributed by atoms with van der Waals surface area (Å²) in [6.45, 7) is 3.00. The minimum Gasteiger partial charge on any atom is -0.350 e. The summed E-state index contributed by atoms with van der Waals surface area (Å²) in [6.07, 6.45) is 9.13. The van der Waals surface area contributed by atoms with Crippen LogP contribution in [-0.4, -0.2) is 39.3 Å². The molecule has 4 rings (SSSR count). The smallest absolute Gasteiger partial charge is 0.244 e. The molecule has 138 valence electrons. The molecule has 1 N–H and O–H groups in total. The topological polar surface area (TPSA) is 49.6 Å². The SMILES string of the molecule is O=C(/C=C/c1cnc2ccccn12)NC1CCN(Cc2ccccc2)CC1. The highest BCUT2D eigenvalue weighted by Crippen LogP contribution is 2.14. The zero-order valence-electron chi connectivity index (χ0n) is 15.3. The molecule has 1 aliphatic rings. The van der Waals surface area contributed by atoms with E-state index in [0.29, 0.717) is 0 Å². The molecule has 0 atom stereocenters. The number of nitrogens with one attached hydrogen (secondary N) is 1. The number of hydrogen-bond donors (Lipinski definition) is 1. The second-order valence-electron chi connectivity index (χ2n) is 6.99. The third kappa shape index (κ3) is 4.44. The van der Waals surface area contributed by atoms with Crippen molar-refractivity contribution in [1.29, 1.82) is 0 Å². The fourth-order valence-electron chi connectivity index (χ4n) is 3.56. The van der Waals surface area contributed by atoms with Crippen LogP contribution in [-0.2, 0) is 11.3 Å². The Morgan fingerprint density at radius 2 is 1.89 bits per heavy atom. The van der Waals surface area contributed by atoms with Crippen LogP contribution in [0.4, 0.5) is 0 Å². The monoisotopic (exact) mass is 360 g/mol. The number of amides is 1. The number of imidazole rings is 1. The van der Waals surface area contributed by atoms with Gasteiger partial charge in [-0.1, -0.05) is 36.4 Å². The zero-order chi connectivity index (χ0) is 18.5. The van der Waals surface area contributed by atoms with Crippen LogP contribution in [0.25, 0.3) is 11.7 Å². The number of hydrogen-bond acceptors (Lipinski definition) is 3. The van der Waals surface area contributed by atoms with E-state index in [2.05, 4.69) is 39.5 Å². The number of benzene rings is 1. The molecule has 2 aromatic heterocycles. The minimum atomic E-state index is -0.0395. The molecule has 0 bridgehead atoms. The molecular weight excluding hydrogens is 336 g/mol. The lowest BCUT2D eigenvalue weighted by Gasteiger charge is -2.32. The van der Waals surface area contributed by atoms with Gasteiger partial charge in [0.2, 0.25) is 5.91 Å². The molecule has 1 fully saturated rings. The number of carbonyl (C=O) groups is 1. The summed E-state index contributed by atoms with van der Waals surface area (Å²) in [6, 6.07) is 16.6. The van der Waals surface area contributed by atoms with Crippen LogP contribution < -0.4 is 5.32 Å². The van der Waals surface area contributed by atoms with Crippen LogP contribution >= 0.6 is 0 Å². The zero-order valence-corrected chi connectivity index (χ0v) is 15.3. The first-order valence-electron chi connectivity index (χ1n) is 9.45. The molecule has 5 heteroatoms. The first kappa shape index (κ1) is 17.5. The van der Waals surface area contributed by atoms with E-state index in [4.69, 9.17) is 0 Å². The number of carbonyl (C=O) groups excluding carboxylic acids is 1. The van der Waals surface area contributed by atoms with E-state index < -0.39 is 0 Å². The van der Waals surface area contributed by atoms with Crippen LogP contribution in [0.3, 0.4) is 0 Å². The molecule has 3 heterocycles. The van der Waals surface area contributed by atoms with Crippen molar-refractivity contribution in [2.75, 3.05) is 13.1 Å². The van der Waals surface area contributed by atoms with Gasteiger partial charge in [0.15, 0.2) is 0 Å². The highest BCUT2D eigenvalue weighted by atomic mass is 16.1. The van der Waals surface area contributed by atoms with Gasteiger partial charge in [0.25, 0.3) is 0 Å². The summed E-state index contributed by atoms with van der Waals surface area (Å²) in [4.78, 5) is 19.1. The molecule has 1 aromatic carbocycles. The lowest BCUT2D eigenvalue weighted by atomic mass is 10.0. The highest BCUT2D eigenvalue weighted by Gasteiger charge is 2.20. The molecule has 0 unspecified atom stereocenters. The largest absolute Gasteiger partial charge is 0.350 e. The number of aromatic nitrogens is 2. The molecule has 3 aromatic rings. The van der Waals surface area contributed by atoms with Gasteiger partial charge in [-0.15, -0.1) is 0 Å². The van der Waals surface area contributed by atoms with Crippen molar-refractivity contribution in [2.45, 2.75) is 25.4 Å². The van der Waals surface area contributed by atoms with Gasteiger partial charge in [-0.25, -0.2) is 4.98 Å². The molecular formula is C22H24N4O. The Hall–Kier alpha value is -2.92. The molecule has 5 nitrogen and oxygen atoms in total.